The van der Waals surface area contributed by atoms with E-state index in [1.165, 1.54) is 19.5 Å². The maximum atomic E-state index is 5.09. The number of hydrogen-bond donors (Lipinski definition) is 2. The molecule has 0 bridgehead atoms. The van der Waals surface area contributed by atoms with E-state index < -0.39 is 0 Å². The van der Waals surface area contributed by atoms with Crippen LogP contribution < -0.4 is 10.6 Å². The molecule has 2 N–H and O–H groups in total. The second-order valence-electron chi connectivity index (χ2n) is 6.34. The van der Waals surface area contributed by atoms with Crippen LogP contribution in [0.5, 0.6) is 0 Å². The van der Waals surface area contributed by atoms with Crippen LogP contribution in [0, 0.1) is 5.92 Å². The van der Waals surface area contributed by atoms with Crippen molar-refractivity contribution >= 4 is 29.9 Å². The Morgan fingerprint density at radius 1 is 1.29 bits per heavy atom. The third kappa shape index (κ3) is 10.7. The predicted octanol–water partition coefficient (Wildman–Crippen LogP) is 1.47. The summed E-state index contributed by atoms with van der Waals surface area (Å²) in [4.78, 5) is 9.60. The fourth-order valence-corrected chi connectivity index (χ4v) is 2.87. The smallest absolute Gasteiger partial charge is 0.191 e. The van der Waals surface area contributed by atoms with Crippen molar-refractivity contribution < 1.29 is 4.74 Å². The summed E-state index contributed by atoms with van der Waals surface area (Å²) in [5.74, 6) is 1.66. The molecule has 0 aromatic heterocycles. The van der Waals surface area contributed by atoms with Crippen molar-refractivity contribution in [1.82, 2.24) is 20.4 Å². The molecule has 1 atom stereocenters. The van der Waals surface area contributed by atoms with E-state index in [9.17, 15) is 0 Å². The van der Waals surface area contributed by atoms with Crippen molar-refractivity contribution in [2.45, 2.75) is 26.7 Å². The lowest BCUT2D eigenvalue weighted by Crippen LogP contribution is -2.41. The minimum absolute atomic E-state index is 0. The number of aliphatic imine (C=N–C) groups is 1. The zero-order valence-electron chi connectivity index (χ0n) is 16.0. The molecule has 0 aromatic carbocycles. The van der Waals surface area contributed by atoms with Crippen LogP contribution in [0.1, 0.15) is 26.7 Å². The molecule has 0 spiro atoms. The van der Waals surface area contributed by atoms with E-state index in [-0.39, 0.29) is 24.0 Å². The second-order valence-corrected chi connectivity index (χ2v) is 6.34. The Morgan fingerprint density at radius 2 is 2.08 bits per heavy atom. The summed E-state index contributed by atoms with van der Waals surface area (Å²) in [5.41, 5.74) is 0. The molecule has 0 radical (unpaired) electrons. The lowest BCUT2D eigenvalue weighted by molar-refractivity contribution is 0.180. The molecular weight excluding hydrogens is 417 g/mol. The lowest BCUT2D eigenvalue weighted by atomic mass is 10.1. The predicted molar refractivity (Wildman–Crippen MR) is 114 cm³/mol. The number of ether oxygens (including phenoxy) is 1. The van der Waals surface area contributed by atoms with Crippen LogP contribution in [-0.4, -0.2) is 88.9 Å². The van der Waals surface area contributed by atoms with Gasteiger partial charge in [-0.25, -0.2) is 0 Å². The first kappa shape index (κ1) is 23.9. The number of nitrogens with one attached hydrogen (secondary N) is 2. The van der Waals surface area contributed by atoms with E-state index in [1.54, 1.807) is 7.11 Å². The van der Waals surface area contributed by atoms with Crippen molar-refractivity contribution in [2.24, 2.45) is 10.9 Å². The average Bonchev–Trinajstić information content (AvgIpc) is 3.01. The van der Waals surface area contributed by atoms with Crippen LogP contribution in [0.4, 0.5) is 0 Å². The zero-order valence-corrected chi connectivity index (χ0v) is 18.3. The maximum absolute atomic E-state index is 5.09. The number of likely N-dealkylation sites (tertiary alicyclic amines) is 1. The van der Waals surface area contributed by atoms with Gasteiger partial charge in [0.2, 0.25) is 0 Å². The summed E-state index contributed by atoms with van der Waals surface area (Å²) in [6.07, 6.45) is 2.36. The molecule has 0 aromatic rings. The molecule has 0 saturated carbocycles. The summed E-state index contributed by atoms with van der Waals surface area (Å²) < 4.78 is 5.09. The summed E-state index contributed by atoms with van der Waals surface area (Å²) in [7, 11) is 3.91. The number of nitrogens with zero attached hydrogens (tertiary/aromatic N) is 3. The minimum atomic E-state index is 0. The normalized spacial score (nSPS) is 18.7. The monoisotopic (exact) mass is 455 g/mol. The molecule has 144 valence electrons. The van der Waals surface area contributed by atoms with Crippen molar-refractivity contribution in [2.75, 3.05) is 73.1 Å². The van der Waals surface area contributed by atoms with Gasteiger partial charge in [0.25, 0.3) is 0 Å². The first-order valence-electron chi connectivity index (χ1n) is 9.11. The van der Waals surface area contributed by atoms with Gasteiger partial charge in [0.1, 0.15) is 0 Å². The third-order valence-electron chi connectivity index (χ3n) is 4.34. The van der Waals surface area contributed by atoms with Crippen molar-refractivity contribution in [3.8, 4) is 0 Å². The highest BCUT2D eigenvalue weighted by Crippen LogP contribution is 2.15. The van der Waals surface area contributed by atoms with Gasteiger partial charge in [-0.15, -0.1) is 24.0 Å². The van der Waals surface area contributed by atoms with Gasteiger partial charge in [-0.1, -0.05) is 6.92 Å². The Bertz CT molecular complexity index is 330. The fraction of sp³-hybridized carbons (Fsp3) is 0.941. The topological polar surface area (TPSA) is 52.1 Å². The van der Waals surface area contributed by atoms with Crippen molar-refractivity contribution in [3.05, 3.63) is 0 Å². The minimum Gasteiger partial charge on any atom is -0.385 e. The van der Waals surface area contributed by atoms with Crippen LogP contribution in [0.15, 0.2) is 4.99 Å². The van der Waals surface area contributed by atoms with E-state index in [4.69, 9.17) is 9.73 Å². The third-order valence-corrected chi connectivity index (χ3v) is 4.34. The molecule has 0 amide bonds. The first-order chi connectivity index (χ1) is 11.2. The molecule has 1 aliphatic heterocycles. The van der Waals surface area contributed by atoms with Gasteiger partial charge in [0.15, 0.2) is 5.96 Å². The van der Waals surface area contributed by atoms with E-state index in [1.807, 2.05) is 0 Å². The number of methoxy groups -OCH3 is 1. The van der Waals surface area contributed by atoms with Crippen LogP contribution >= 0.6 is 24.0 Å². The van der Waals surface area contributed by atoms with Crippen LogP contribution in [0.25, 0.3) is 0 Å². The zero-order chi connectivity index (χ0) is 16.9. The maximum Gasteiger partial charge on any atom is 0.191 e. The van der Waals surface area contributed by atoms with Gasteiger partial charge < -0.3 is 25.2 Å². The molecule has 1 rings (SSSR count). The Morgan fingerprint density at radius 3 is 2.71 bits per heavy atom. The van der Waals surface area contributed by atoms with Crippen LogP contribution in [0.3, 0.4) is 0 Å². The van der Waals surface area contributed by atoms with E-state index in [0.29, 0.717) is 5.92 Å². The highest BCUT2D eigenvalue weighted by atomic mass is 127. The molecule has 1 fully saturated rings. The van der Waals surface area contributed by atoms with Gasteiger partial charge in [-0.05, 0) is 45.8 Å². The number of halogens is 1. The molecule has 1 heterocycles. The largest absolute Gasteiger partial charge is 0.385 e. The lowest BCUT2D eigenvalue weighted by Gasteiger charge is -2.18. The van der Waals surface area contributed by atoms with Gasteiger partial charge in [0.05, 0.1) is 0 Å². The van der Waals surface area contributed by atoms with Gasteiger partial charge in [-0.2, -0.15) is 0 Å². The number of rotatable bonds is 11. The molecule has 24 heavy (non-hydrogen) atoms. The Hall–Kier alpha value is -0.120. The quantitative estimate of drug-likeness (QED) is 0.214. The Kier molecular flexibility index (Phi) is 15.1. The molecule has 1 unspecified atom stereocenters. The summed E-state index contributed by atoms with van der Waals surface area (Å²) in [6, 6.07) is 0. The highest BCUT2D eigenvalue weighted by Gasteiger charge is 2.20. The van der Waals surface area contributed by atoms with Crippen LogP contribution in [0.2, 0.25) is 0 Å². The highest BCUT2D eigenvalue weighted by molar-refractivity contribution is 14.0. The van der Waals surface area contributed by atoms with Crippen molar-refractivity contribution in [1.29, 1.82) is 0 Å². The summed E-state index contributed by atoms with van der Waals surface area (Å²) >= 11 is 0. The van der Waals surface area contributed by atoms with E-state index >= 15 is 0 Å². The number of likely N-dealkylation sites (N-methyl/N-ethyl adjacent to an activating group) is 1. The van der Waals surface area contributed by atoms with Gasteiger partial charge >= 0.3 is 0 Å². The molecule has 7 heteroatoms. The molecular formula is C17H38IN5O. The molecule has 1 saturated heterocycles. The van der Waals surface area contributed by atoms with Gasteiger partial charge in [0, 0.05) is 53.0 Å². The molecule has 1 aliphatic rings. The first-order valence-corrected chi connectivity index (χ1v) is 9.11. The standard InChI is InChI=1S/C17H37N5O.HI/c1-5-18-17(19-9-12-21(3)10-7-13-23-4)20-14-16-8-11-22(6-2)15-16;/h16H,5-15H2,1-4H3,(H2,18,19,20);1H. The average molecular weight is 455 g/mol. The Balaban J connectivity index is 0.00000529. The van der Waals surface area contributed by atoms with E-state index in [2.05, 4.69) is 41.3 Å². The fourth-order valence-electron chi connectivity index (χ4n) is 2.87. The van der Waals surface area contributed by atoms with Gasteiger partial charge in [-0.3, -0.25) is 4.99 Å². The summed E-state index contributed by atoms with van der Waals surface area (Å²) in [6.45, 7) is 13.6. The summed E-state index contributed by atoms with van der Waals surface area (Å²) in [5, 5.41) is 6.79. The SMILES string of the molecule is CCNC(=NCC1CCN(CC)C1)NCCN(C)CCCOC.I. The Labute approximate surface area is 165 Å². The number of guanidine groups is 1. The number of hydrogen-bond acceptors (Lipinski definition) is 4. The molecule has 6 nitrogen and oxygen atoms in total. The molecule has 0 aliphatic carbocycles. The van der Waals surface area contributed by atoms with E-state index in [0.717, 1.165) is 58.3 Å². The van der Waals surface area contributed by atoms with Crippen molar-refractivity contribution in [3.63, 3.8) is 0 Å². The van der Waals surface area contributed by atoms with Crippen LogP contribution in [-0.2, 0) is 4.74 Å². The second kappa shape index (κ2) is 15.2.